The summed E-state index contributed by atoms with van der Waals surface area (Å²) >= 11 is 0. The molecular formula is C21H30N4O2. The second-order valence-corrected chi connectivity index (χ2v) is 7.79. The van der Waals surface area contributed by atoms with E-state index >= 15 is 0 Å². The second kappa shape index (κ2) is 9.13. The summed E-state index contributed by atoms with van der Waals surface area (Å²) in [7, 11) is 0. The van der Waals surface area contributed by atoms with Crippen molar-refractivity contribution in [2.75, 3.05) is 39.3 Å². The third-order valence-electron chi connectivity index (χ3n) is 5.66. The van der Waals surface area contributed by atoms with E-state index in [1.807, 2.05) is 23.1 Å². The van der Waals surface area contributed by atoms with Gasteiger partial charge in [0.2, 0.25) is 11.8 Å². The van der Waals surface area contributed by atoms with E-state index in [0.717, 1.165) is 57.6 Å². The first kappa shape index (κ1) is 19.5. The van der Waals surface area contributed by atoms with Crippen LogP contribution in [0.2, 0.25) is 0 Å². The lowest BCUT2D eigenvalue weighted by molar-refractivity contribution is -0.140. The number of hydrogen-bond donors (Lipinski definition) is 1. The number of amides is 2. The maximum absolute atomic E-state index is 12.4. The van der Waals surface area contributed by atoms with Gasteiger partial charge in [0.25, 0.3) is 0 Å². The highest BCUT2D eigenvalue weighted by atomic mass is 16.2. The van der Waals surface area contributed by atoms with E-state index in [9.17, 15) is 9.59 Å². The molecule has 6 nitrogen and oxygen atoms in total. The van der Waals surface area contributed by atoms with E-state index in [1.54, 1.807) is 12.3 Å². The Balaban J connectivity index is 1.57. The molecule has 1 N–H and O–H groups in total. The summed E-state index contributed by atoms with van der Waals surface area (Å²) in [6.07, 6.45) is 8.03. The molecule has 0 bridgehead atoms. The smallest absolute Gasteiger partial charge is 0.234 e. The van der Waals surface area contributed by atoms with Gasteiger partial charge in [0.1, 0.15) is 0 Å². The van der Waals surface area contributed by atoms with Crippen LogP contribution in [0.4, 0.5) is 0 Å². The highest BCUT2D eigenvalue weighted by Crippen LogP contribution is 2.38. The summed E-state index contributed by atoms with van der Waals surface area (Å²) in [6, 6.07) is 5.90. The summed E-state index contributed by atoms with van der Waals surface area (Å²) in [6.45, 7) is 7.92. The highest BCUT2D eigenvalue weighted by Gasteiger charge is 2.41. The van der Waals surface area contributed by atoms with Gasteiger partial charge in [0, 0.05) is 56.3 Å². The fourth-order valence-corrected chi connectivity index (χ4v) is 4.32. The topological polar surface area (TPSA) is 65.5 Å². The molecule has 2 amide bonds. The molecule has 3 heterocycles. The van der Waals surface area contributed by atoms with Crippen LogP contribution in [-0.2, 0) is 16.0 Å². The zero-order valence-electron chi connectivity index (χ0n) is 16.0. The number of carbonyl (C=O) groups is 2. The number of nitrogens with zero attached hydrogens (tertiary/aromatic N) is 3. The van der Waals surface area contributed by atoms with E-state index in [4.69, 9.17) is 0 Å². The SMILES string of the molecule is C=CCNC(=O)CN1CCCC2(CCC(=O)N(CCc3ccccn3)C2)C1. The lowest BCUT2D eigenvalue weighted by atomic mass is 9.73. The fraction of sp³-hybridized carbons (Fsp3) is 0.571. The van der Waals surface area contributed by atoms with Gasteiger partial charge in [-0.15, -0.1) is 6.58 Å². The summed E-state index contributed by atoms with van der Waals surface area (Å²) in [5.74, 6) is 0.295. The van der Waals surface area contributed by atoms with Gasteiger partial charge in [-0.3, -0.25) is 19.5 Å². The average molecular weight is 370 g/mol. The summed E-state index contributed by atoms with van der Waals surface area (Å²) in [4.78, 5) is 33.1. The third kappa shape index (κ3) is 5.39. The molecular weight excluding hydrogens is 340 g/mol. The van der Waals surface area contributed by atoms with Crippen LogP contribution in [0.5, 0.6) is 0 Å². The first-order valence-corrected chi connectivity index (χ1v) is 9.88. The maximum Gasteiger partial charge on any atom is 0.234 e. The van der Waals surface area contributed by atoms with Crippen molar-refractivity contribution in [3.63, 3.8) is 0 Å². The molecule has 0 saturated carbocycles. The number of nitrogens with one attached hydrogen (secondary N) is 1. The van der Waals surface area contributed by atoms with Crippen molar-refractivity contribution in [1.29, 1.82) is 0 Å². The van der Waals surface area contributed by atoms with Crippen molar-refractivity contribution in [2.24, 2.45) is 5.41 Å². The molecule has 2 aliphatic rings. The molecule has 0 radical (unpaired) electrons. The lowest BCUT2D eigenvalue weighted by Gasteiger charge is -2.48. The van der Waals surface area contributed by atoms with Crippen LogP contribution in [0, 0.1) is 5.41 Å². The Bertz CT molecular complexity index is 663. The number of pyridine rings is 1. The molecule has 0 aliphatic carbocycles. The van der Waals surface area contributed by atoms with Gasteiger partial charge in [0.05, 0.1) is 6.54 Å². The van der Waals surface area contributed by atoms with E-state index in [-0.39, 0.29) is 17.2 Å². The summed E-state index contributed by atoms with van der Waals surface area (Å²) in [5, 5.41) is 2.86. The molecule has 0 aromatic carbocycles. The molecule has 146 valence electrons. The fourth-order valence-electron chi connectivity index (χ4n) is 4.32. The maximum atomic E-state index is 12.4. The van der Waals surface area contributed by atoms with Crippen molar-refractivity contribution in [2.45, 2.75) is 32.1 Å². The number of likely N-dealkylation sites (tertiary alicyclic amines) is 2. The van der Waals surface area contributed by atoms with Crippen LogP contribution < -0.4 is 5.32 Å². The molecule has 27 heavy (non-hydrogen) atoms. The van der Waals surface area contributed by atoms with Crippen molar-refractivity contribution >= 4 is 11.8 Å². The lowest BCUT2D eigenvalue weighted by Crippen LogP contribution is -2.55. The van der Waals surface area contributed by atoms with Crippen molar-refractivity contribution < 1.29 is 9.59 Å². The predicted molar refractivity (Wildman–Crippen MR) is 105 cm³/mol. The van der Waals surface area contributed by atoms with E-state index in [1.165, 1.54) is 0 Å². The van der Waals surface area contributed by atoms with Crippen molar-refractivity contribution in [3.05, 3.63) is 42.7 Å². The zero-order valence-corrected chi connectivity index (χ0v) is 16.0. The first-order chi connectivity index (χ1) is 13.1. The van der Waals surface area contributed by atoms with Gasteiger partial charge >= 0.3 is 0 Å². The van der Waals surface area contributed by atoms with Gasteiger partial charge in [-0.1, -0.05) is 12.1 Å². The van der Waals surface area contributed by atoms with Gasteiger partial charge in [-0.2, -0.15) is 0 Å². The second-order valence-electron chi connectivity index (χ2n) is 7.79. The van der Waals surface area contributed by atoms with Crippen molar-refractivity contribution in [3.8, 4) is 0 Å². The van der Waals surface area contributed by atoms with Gasteiger partial charge in [-0.25, -0.2) is 0 Å². The van der Waals surface area contributed by atoms with Crippen LogP contribution >= 0.6 is 0 Å². The Morgan fingerprint density at radius 3 is 3.00 bits per heavy atom. The minimum Gasteiger partial charge on any atom is -0.352 e. The molecule has 1 aromatic rings. The summed E-state index contributed by atoms with van der Waals surface area (Å²) in [5.41, 5.74) is 1.14. The van der Waals surface area contributed by atoms with E-state index in [2.05, 4.69) is 21.8 Å². The van der Waals surface area contributed by atoms with Crippen LogP contribution in [-0.4, -0.2) is 65.9 Å². The Kier molecular flexibility index (Phi) is 6.61. The van der Waals surface area contributed by atoms with Gasteiger partial charge in [0.15, 0.2) is 0 Å². The van der Waals surface area contributed by atoms with Crippen LogP contribution in [0.25, 0.3) is 0 Å². The van der Waals surface area contributed by atoms with Crippen LogP contribution in [0.15, 0.2) is 37.1 Å². The number of carbonyl (C=O) groups excluding carboxylic acids is 2. The molecule has 2 saturated heterocycles. The molecule has 2 aliphatic heterocycles. The number of aromatic nitrogens is 1. The Morgan fingerprint density at radius 2 is 2.22 bits per heavy atom. The molecule has 6 heteroatoms. The average Bonchev–Trinajstić information content (AvgIpc) is 2.68. The van der Waals surface area contributed by atoms with Crippen LogP contribution in [0.3, 0.4) is 0 Å². The Morgan fingerprint density at radius 1 is 1.33 bits per heavy atom. The standard InChI is InChI=1S/C21H30N4O2/c1-2-11-23-19(26)15-24-13-5-9-21(16-24)10-7-20(27)25(17-21)14-8-18-6-3-4-12-22-18/h2-4,6,12H,1,5,7-11,13-17H2,(H,23,26). The first-order valence-electron chi connectivity index (χ1n) is 9.88. The van der Waals surface area contributed by atoms with Gasteiger partial charge < -0.3 is 10.2 Å². The minimum atomic E-state index is 0.0471. The number of piperidine rings is 2. The number of hydrogen-bond acceptors (Lipinski definition) is 4. The monoisotopic (exact) mass is 370 g/mol. The Hall–Kier alpha value is -2.21. The van der Waals surface area contributed by atoms with Crippen LogP contribution in [0.1, 0.15) is 31.4 Å². The minimum absolute atomic E-state index is 0.0471. The normalized spacial score (nSPS) is 23.4. The zero-order chi connectivity index (χ0) is 19.1. The largest absolute Gasteiger partial charge is 0.352 e. The third-order valence-corrected chi connectivity index (χ3v) is 5.66. The molecule has 1 spiro atoms. The highest BCUT2D eigenvalue weighted by molar-refractivity contribution is 5.78. The predicted octanol–water partition coefficient (Wildman–Crippen LogP) is 1.63. The van der Waals surface area contributed by atoms with Gasteiger partial charge in [-0.05, 0) is 37.9 Å². The Labute approximate surface area is 161 Å². The summed E-state index contributed by atoms with van der Waals surface area (Å²) < 4.78 is 0. The quantitative estimate of drug-likeness (QED) is 0.741. The van der Waals surface area contributed by atoms with E-state index < -0.39 is 0 Å². The van der Waals surface area contributed by atoms with E-state index in [0.29, 0.717) is 19.5 Å². The molecule has 1 aromatic heterocycles. The molecule has 3 rings (SSSR count). The molecule has 1 atom stereocenters. The molecule has 2 fully saturated rings. The number of rotatable bonds is 7. The van der Waals surface area contributed by atoms with Crippen molar-refractivity contribution in [1.82, 2.24) is 20.1 Å². The molecule has 1 unspecified atom stereocenters.